The zero-order chi connectivity index (χ0) is 19.7. The fourth-order valence-electron chi connectivity index (χ4n) is 3.98. The second-order valence-corrected chi connectivity index (χ2v) is 8.42. The first kappa shape index (κ1) is 19.1. The van der Waals surface area contributed by atoms with E-state index in [1.54, 1.807) is 24.3 Å². The predicted molar refractivity (Wildman–Crippen MR) is 105 cm³/mol. The minimum absolute atomic E-state index is 0.0172. The number of hydrogen-bond donors (Lipinski definition) is 1. The van der Waals surface area contributed by atoms with Gasteiger partial charge in [0.15, 0.2) is 5.17 Å². The van der Waals surface area contributed by atoms with Gasteiger partial charge in [0.05, 0.1) is 6.61 Å². The number of amidine groups is 1. The third kappa shape index (κ3) is 3.44. The Hall–Kier alpha value is -2.25. The van der Waals surface area contributed by atoms with Gasteiger partial charge in [0.2, 0.25) is 0 Å². The molecule has 4 rings (SSSR count). The number of halogens is 2. The lowest BCUT2D eigenvalue weighted by Gasteiger charge is -2.47. The number of rotatable bonds is 2. The fraction of sp³-hybridized carbons (Fsp3) is 0.333. The summed E-state index contributed by atoms with van der Waals surface area (Å²) in [5.74, 6) is -1.54. The zero-order valence-electron chi connectivity index (χ0n) is 15.3. The number of aliphatic imine (C=N–C) groups is 1. The van der Waals surface area contributed by atoms with Gasteiger partial charge < -0.3 is 10.1 Å². The van der Waals surface area contributed by atoms with Gasteiger partial charge >= 0.3 is 0 Å². The van der Waals surface area contributed by atoms with Gasteiger partial charge in [-0.1, -0.05) is 43.0 Å². The monoisotopic (exact) mass is 402 g/mol. The number of carbonyl (C=O) groups excluding carboxylic acids is 1. The Morgan fingerprint density at radius 3 is 2.79 bits per heavy atom. The van der Waals surface area contributed by atoms with Gasteiger partial charge in [-0.05, 0) is 24.6 Å². The van der Waals surface area contributed by atoms with Crippen molar-refractivity contribution in [1.29, 1.82) is 0 Å². The van der Waals surface area contributed by atoms with Crippen LogP contribution in [0.4, 0.5) is 8.78 Å². The molecule has 0 radical (unpaired) electrons. The molecule has 0 saturated carbocycles. The summed E-state index contributed by atoms with van der Waals surface area (Å²) in [6, 6.07) is 12.4. The van der Waals surface area contributed by atoms with Crippen molar-refractivity contribution in [2.24, 2.45) is 10.9 Å². The Labute approximate surface area is 166 Å². The lowest BCUT2D eigenvalue weighted by molar-refractivity contribution is -0.00436. The van der Waals surface area contributed by atoms with Crippen molar-refractivity contribution in [3.05, 3.63) is 71.3 Å². The van der Waals surface area contributed by atoms with E-state index < -0.39 is 17.2 Å². The summed E-state index contributed by atoms with van der Waals surface area (Å²) in [5, 5.41) is 3.35. The third-order valence-electron chi connectivity index (χ3n) is 5.33. The van der Waals surface area contributed by atoms with Gasteiger partial charge in [0.25, 0.3) is 5.91 Å². The van der Waals surface area contributed by atoms with E-state index in [1.165, 1.54) is 23.9 Å². The van der Waals surface area contributed by atoms with Crippen molar-refractivity contribution < 1.29 is 18.3 Å². The quantitative estimate of drug-likeness (QED) is 0.822. The summed E-state index contributed by atoms with van der Waals surface area (Å²) in [7, 11) is 0. The molecule has 0 unspecified atom stereocenters. The number of nitrogens with zero attached hydrogens (tertiary/aromatic N) is 1. The van der Waals surface area contributed by atoms with Crippen molar-refractivity contribution in [3.63, 3.8) is 0 Å². The Morgan fingerprint density at radius 1 is 1.25 bits per heavy atom. The lowest BCUT2D eigenvalue weighted by atomic mass is 9.74. The Kier molecular flexibility index (Phi) is 5.21. The largest absolute Gasteiger partial charge is 0.379 e. The topological polar surface area (TPSA) is 50.7 Å². The van der Waals surface area contributed by atoms with Crippen LogP contribution in [0.2, 0.25) is 0 Å². The average Bonchev–Trinajstić information content (AvgIpc) is 2.68. The number of benzene rings is 2. The molecule has 0 aromatic heterocycles. The Morgan fingerprint density at radius 2 is 2.04 bits per heavy atom. The van der Waals surface area contributed by atoms with E-state index >= 15 is 0 Å². The van der Waals surface area contributed by atoms with Gasteiger partial charge in [0.1, 0.15) is 17.2 Å². The third-order valence-corrected chi connectivity index (χ3v) is 6.44. The van der Waals surface area contributed by atoms with Crippen LogP contribution >= 0.6 is 11.8 Å². The normalized spacial score (nSPS) is 26.9. The van der Waals surface area contributed by atoms with Crippen LogP contribution in [-0.4, -0.2) is 29.5 Å². The maximum Gasteiger partial charge on any atom is 0.257 e. The first-order chi connectivity index (χ1) is 13.5. The number of carbonyl (C=O) groups is 1. The summed E-state index contributed by atoms with van der Waals surface area (Å²) in [6.45, 7) is 2.80. The van der Waals surface area contributed by atoms with Crippen molar-refractivity contribution in [3.8, 4) is 0 Å². The van der Waals surface area contributed by atoms with Crippen molar-refractivity contribution >= 4 is 22.8 Å². The van der Waals surface area contributed by atoms with E-state index in [-0.39, 0.29) is 23.7 Å². The highest BCUT2D eigenvalue weighted by molar-refractivity contribution is 8.14. The maximum atomic E-state index is 14.7. The Balaban J connectivity index is 1.74. The lowest BCUT2D eigenvalue weighted by Crippen LogP contribution is -2.51. The van der Waals surface area contributed by atoms with Gasteiger partial charge in [-0.25, -0.2) is 13.8 Å². The molecule has 0 spiro atoms. The first-order valence-electron chi connectivity index (χ1n) is 9.16. The number of ether oxygens (including phenoxy) is 1. The van der Waals surface area contributed by atoms with E-state index in [9.17, 15) is 13.6 Å². The SMILES string of the molecule is C[C@H]1SC(NC(=O)c2ccccc2)=N[C@@]2(c3ccc(F)cc3F)COCC[C@@H]12. The maximum absolute atomic E-state index is 14.7. The van der Waals surface area contributed by atoms with E-state index in [0.717, 1.165) is 6.07 Å². The van der Waals surface area contributed by atoms with Gasteiger partial charge in [-0.3, -0.25) is 4.79 Å². The molecule has 2 aromatic carbocycles. The molecule has 7 heteroatoms. The van der Waals surface area contributed by atoms with Gasteiger partial charge in [0, 0.05) is 35.0 Å². The molecule has 2 aliphatic rings. The van der Waals surface area contributed by atoms with Crippen LogP contribution < -0.4 is 5.32 Å². The molecule has 2 aromatic rings. The number of amides is 1. The first-order valence-corrected chi connectivity index (χ1v) is 10.0. The molecular weight excluding hydrogens is 382 g/mol. The summed E-state index contributed by atoms with van der Waals surface area (Å²) >= 11 is 1.46. The van der Waals surface area contributed by atoms with Gasteiger partial charge in [-0.2, -0.15) is 0 Å². The molecule has 0 bridgehead atoms. The summed E-state index contributed by atoms with van der Waals surface area (Å²) < 4.78 is 33.9. The van der Waals surface area contributed by atoms with Crippen LogP contribution in [0.3, 0.4) is 0 Å². The van der Waals surface area contributed by atoms with Crippen molar-refractivity contribution in [2.75, 3.05) is 13.2 Å². The van der Waals surface area contributed by atoms with Crippen LogP contribution in [-0.2, 0) is 10.3 Å². The van der Waals surface area contributed by atoms with Crippen LogP contribution in [0.15, 0.2) is 53.5 Å². The van der Waals surface area contributed by atoms with Gasteiger partial charge in [-0.15, -0.1) is 0 Å². The standard InChI is InChI=1S/C21H20F2N2O2S/c1-13-16-9-10-27-12-21(16,17-8-7-15(22)11-18(17)23)25-20(28-13)24-19(26)14-5-3-2-4-6-14/h2-8,11,13,16H,9-10,12H2,1H3,(H,24,25,26)/t13-,16+,21+/m1/s1. The number of nitrogens with one attached hydrogen (secondary N) is 1. The smallest absolute Gasteiger partial charge is 0.257 e. The number of thioether (sulfide) groups is 1. The molecule has 1 fully saturated rings. The van der Waals surface area contributed by atoms with E-state index in [1.807, 2.05) is 13.0 Å². The summed E-state index contributed by atoms with van der Waals surface area (Å²) in [4.78, 5) is 17.3. The minimum Gasteiger partial charge on any atom is -0.379 e. The second kappa shape index (κ2) is 7.64. The van der Waals surface area contributed by atoms with E-state index in [2.05, 4.69) is 5.32 Å². The second-order valence-electron chi connectivity index (χ2n) is 7.06. The highest BCUT2D eigenvalue weighted by atomic mass is 32.2. The highest BCUT2D eigenvalue weighted by Gasteiger charge is 2.50. The number of hydrogen-bond acceptors (Lipinski definition) is 4. The molecule has 3 atom stereocenters. The summed E-state index contributed by atoms with van der Waals surface area (Å²) in [6.07, 6.45) is 0.717. The zero-order valence-corrected chi connectivity index (χ0v) is 16.1. The van der Waals surface area contributed by atoms with Crippen LogP contribution in [0.1, 0.15) is 29.3 Å². The predicted octanol–water partition coefficient (Wildman–Crippen LogP) is 4.12. The fourth-order valence-corrected chi connectivity index (χ4v) is 5.23. The number of fused-ring (bicyclic) bond motifs is 1. The molecule has 2 aliphatic heterocycles. The molecule has 2 heterocycles. The summed E-state index contributed by atoms with van der Waals surface area (Å²) in [5.41, 5.74) is -0.167. The molecule has 28 heavy (non-hydrogen) atoms. The van der Waals surface area contributed by atoms with Crippen molar-refractivity contribution in [1.82, 2.24) is 5.32 Å². The van der Waals surface area contributed by atoms with Crippen LogP contribution in [0, 0.1) is 17.6 Å². The van der Waals surface area contributed by atoms with Crippen LogP contribution in [0.5, 0.6) is 0 Å². The molecular formula is C21H20F2N2O2S. The molecule has 0 aliphatic carbocycles. The molecule has 1 N–H and O–H groups in total. The average molecular weight is 402 g/mol. The molecule has 1 saturated heterocycles. The van der Waals surface area contributed by atoms with E-state index in [4.69, 9.17) is 9.73 Å². The molecule has 1 amide bonds. The van der Waals surface area contributed by atoms with Crippen molar-refractivity contribution in [2.45, 2.75) is 24.1 Å². The Bertz CT molecular complexity index is 922. The van der Waals surface area contributed by atoms with E-state index in [0.29, 0.717) is 29.3 Å². The highest BCUT2D eigenvalue weighted by Crippen LogP contribution is 2.48. The van der Waals surface area contributed by atoms with Crippen LogP contribution in [0.25, 0.3) is 0 Å². The minimum atomic E-state index is -0.986. The molecule has 146 valence electrons. The molecule has 4 nitrogen and oxygen atoms in total.